The topological polar surface area (TPSA) is 66.0 Å². The van der Waals surface area contributed by atoms with Crippen LogP contribution in [0.15, 0.2) is 17.0 Å². The average Bonchev–Trinajstić information content (AvgIpc) is 2.72. The molecule has 0 unspecified atom stereocenters. The quantitative estimate of drug-likeness (QED) is 0.719. The molecule has 0 radical (unpaired) electrons. The second kappa shape index (κ2) is 3.49. The van der Waals surface area contributed by atoms with E-state index in [2.05, 4.69) is 20.0 Å². The van der Waals surface area contributed by atoms with Crippen molar-refractivity contribution in [3.05, 3.63) is 23.8 Å². The molecule has 0 atom stereocenters. The van der Waals surface area contributed by atoms with Gasteiger partial charge in [0.15, 0.2) is 5.75 Å². The van der Waals surface area contributed by atoms with Crippen LogP contribution in [-0.2, 0) is 13.7 Å². The maximum absolute atomic E-state index is 5.41. The Kier molecular flexibility index (Phi) is 2.18. The summed E-state index contributed by atoms with van der Waals surface area (Å²) in [5, 5.41) is 11.3. The van der Waals surface area contributed by atoms with Crippen molar-refractivity contribution < 1.29 is 9.37 Å². The first-order valence-corrected chi connectivity index (χ1v) is 4.15. The Hall–Kier alpha value is -1.85. The van der Waals surface area contributed by atoms with Crippen molar-refractivity contribution >= 4 is 0 Å². The first-order valence-electron chi connectivity index (χ1n) is 4.15. The Morgan fingerprint density at radius 1 is 1.50 bits per heavy atom. The van der Waals surface area contributed by atoms with Crippen LogP contribution in [0.5, 0.6) is 5.75 Å². The highest BCUT2D eigenvalue weighted by molar-refractivity contribution is 5.13. The van der Waals surface area contributed by atoms with Gasteiger partial charge in [0.05, 0.1) is 12.4 Å². The fourth-order valence-electron chi connectivity index (χ4n) is 1.01. The molecule has 0 amide bonds. The number of hydrogen-bond donors (Lipinski definition) is 0. The van der Waals surface area contributed by atoms with Crippen LogP contribution >= 0.6 is 0 Å². The van der Waals surface area contributed by atoms with Gasteiger partial charge in [0.1, 0.15) is 18.0 Å². The van der Waals surface area contributed by atoms with Crippen molar-refractivity contribution in [1.82, 2.24) is 20.1 Å². The number of nitrogens with zero attached hydrogens (tertiary/aromatic N) is 4. The van der Waals surface area contributed by atoms with Gasteiger partial charge < -0.3 is 4.74 Å². The molecule has 2 heterocycles. The Balaban J connectivity index is 1.98. The van der Waals surface area contributed by atoms with Gasteiger partial charge in [0, 0.05) is 7.05 Å². The van der Waals surface area contributed by atoms with E-state index in [1.807, 2.05) is 14.0 Å². The van der Waals surface area contributed by atoms with Crippen LogP contribution in [0, 0.1) is 6.92 Å². The first-order chi connectivity index (χ1) is 6.75. The van der Waals surface area contributed by atoms with Crippen LogP contribution in [-0.4, -0.2) is 20.1 Å². The Bertz CT molecular complexity index is 420. The molecule has 0 aromatic carbocycles. The van der Waals surface area contributed by atoms with Crippen molar-refractivity contribution in [3.63, 3.8) is 0 Å². The lowest BCUT2D eigenvalue weighted by atomic mass is 10.4. The summed E-state index contributed by atoms with van der Waals surface area (Å²) in [5.74, 6) is 0.704. The molecule has 0 spiro atoms. The van der Waals surface area contributed by atoms with Gasteiger partial charge >= 0.3 is 0 Å². The van der Waals surface area contributed by atoms with E-state index in [0.717, 1.165) is 5.69 Å². The van der Waals surface area contributed by atoms with Crippen molar-refractivity contribution in [1.29, 1.82) is 0 Å². The summed E-state index contributed by atoms with van der Waals surface area (Å²) in [7, 11) is 1.83. The van der Waals surface area contributed by atoms with Gasteiger partial charge in [0.25, 0.3) is 0 Å². The zero-order valence-corrected chi connectivity index (χ0v) is 7.97. The van der Waals surface area contributed by atoms with Crippen LogP contribution < -0.4 is 4.74 Å². The average molecular weight is 194 g/mol. The molecular weight excluding hydrogens is 184 g/mol. The van der Waals surface area contributed by atoms with Crippen molar-refractivity contribution in [2.45, 2.75) is 13.5 Å². The predicted octanol–water partition coefficient (Wildman–Crippen LogP) is 0.691. The molecule has 0 saturated heterocycles. The molecule has 2 aromatic rings. The fraction of sp³-hybridized carbons (Fsp3) is 0.375. The van der Waals surface area contributed by atoms with Gasteiger partial charge in [-0.25, -0.2) is 4.63 Å². The number of ether oxygens (including phenoxy) is 1. The summed E-state index contributed by atoms with van der Waals surface area (Å²) in [5.41, 5.74) is 1.45. The molecule has 6 nitrogen and oxygen atoms in total. The third-order valence-electron chi connectivity index (χ3n) is 1.80. The molecule has 2 aromatic heterocycles. The summed E-state index contributed by atoms with van der Waals surface area (Å²) < 4.78 is 11.6. The lowest BCUT2D eigenvalue weighted by Gasteiger charge is -1.98. The van der Waals surface area contributed by atoms with E-state index in [1.165, 1.54) is 0 Å². The fourth-order valence-corrected chi connectivity index (χ4v) is 1.01. The molecule has 14 heavy (non-hydrogen) atoms. The normalized spacial score (nSPS) is 10.4. The van der Waals surface area contributed by atoms with Gasteiger partial charge in [-0.05, 0) is 6.92 Å². The Labute approximate surface area is 80.4 Å². The van der Waals surface area contributed by atoms with E-state index >= 15 is 0 Å². The van der Waals surface area contributed by atoms with E-state index in [4.69, 9.17) is 4.74 Å². The predicted molar refractivity (Wildman–Crippen MR) is 46.6 cm³/mol. The molecule has 0 aliphatic rings. The van der Waals surface area contributed by atoms with Crippen LogP contribution in [0.2, 0.25) is 0 Å². The van der Waals surface area contributed by atoms with E-state index in [-0.39, 0.29) is 0 Å². The third-order valence-corrected chi connectivity index (χ3v) is 1.80. The highest BCUT2D eigenvalue weighted by atomic mass is 16.6. The lowest BCUT2D eigenvalue weighted by molar-refractivity contribution is 0.270. The number of aromatic nitrogens is 4. The van der Waals surface area contributed by atoms with Gasteiger partial charge in [-0.1, -0.05) is 10.3 Å². The number of aryl methyl sites for hydroxylation is 2. The summed E-state index contributed by atoms with van der Waals surface area (Å²) in [6.07, 6.45) is 3.42. The van der Waals surface area contributed by atoms with E-state index in [9.17, 15) is 0 Å². The summed E-state index contributed by atoms with van der Waals surface area (Å²) in [4.78, 5) is 0. The van der Waals surface area contributed by atoms with Crippen molar-refractivity contribution in [3.8, 4) is 5.75 Å². The summed E-state index contributed by atoms with van der Waals surface area (Å²) in [6.45, 7) is 2.17. The summed E-state index contributed by atoms with van der Waals surface area (Å²) in [6, 6.07) is 0. The van der Waals surface area contributed by atoms with E-state index in [0.29, 0.717) is 18.1 Å². The third kappa shape index (κ3) is 1.73. The molecule has 0 bridgehead atoms. The van der Waals surface area contributed by atoms with Gasteiger partial charge in [-0.3, -0.25) is 4.68 Å². The highest BCUT2D eigenvalue weighted by Gasteiger charge is 2.06. The zero-order chi connectivity index (χ0) is 9.97. The standard InChI is InChI=1S/C8H10N4O2/c1-6-8(11-14-10-6)5-13-7-3-9-12(2)4-7/h3-4H,5H2,1-2H3. The van der Waals surface area contributed by atoms with Gasteiger partial charge in [-0.15, -0.1) is 0 Å². The SMILES string of the molecule is Cc1nonc1COc1cnn(C)c1. The molecule has 2 rings (SSSR count). The van der Waals surface area contributed by atoms with Gasteiger partial charge in [-0.2, -0.15) is 5.10 Å². The Morgan fingerprint density at radius 2 is 2.36 bits per heavy atom. The largest absolute Gasteiger partial charge is 0.484 e. The van der Waals surface area contributed by atoms with Crippen LogP contribution in [0.25, 0.3) is 0 Å². The molecule has 0 N–H and O–H groups in total. The molecule has 6 heteroatoms. The highest BCUT2D eigenvalue weighted by Crippen LogP contribution is 2.10. The second-order valence-electron chi connectivity index (χ2n) is 2.93. The number of hydrogen-bond acceptors (Lipinski definition) is 5. The Morgan fingerprint density at radius 3 is 2.93 bits per heavy atom. The molecule has 0 aliphatic heterocycles. The van der Waals surface area contributed by atoms with Gasteiger partial charge in [0.2, 0.25) is 0 Å². The minimum absolute atomic E-state index is 0.348. The van der Waals surface area contributed by atoms with E-state index in [1.54, 1.807) is 17.1 Å². The van der Waals surface area contributed by atoms with Crippen LogP contribution in [0.4, 0.5) is 0 Å². The molecule has 74 valence electrons. The maximum atomic E-state index is 5.41. The van der Waals surface area contributed by atoms with Crippen LogP contribution in [0.3, 0.4) is 0 Å². The minimum atomic E-state index is 0.348. The molecule has 0 aliphatic carbocycles. The van der Waals surface area contributed by atoms with Crippen molar-refractivity contribution in [2.75, 3.05) is 0 Å². The number of rotatable bonds is 3. The monoisotopic (exact) mass is 194 g/mol. The lowest BCUT2D eigenvalue weighted by Crippen LogP contribution is -1.96. The smallest absolute Gasteiger partial charge is 0.157 e. The second-order valence-corrected chi connectivity index (χ2v) is 2.93. The summed E-state index contributed by atoms with van der Waals surface area (Å²) >= 11 is 0. The van der Waals surface area contributed by atoms with Crippen molar-refractivity contribution in [2.24, 2.45) is 7.05 Å². The van der Waals surface area contributed by atoms with E-state index < -0.39 is 0 Å². The maximum Gasteiger partial charge on any atom is 0.157 e. The minimum Gasteiger partial charge on any atom is -0.484 e. The van der Waals surface area contributed by atoms with Crippen LogP contribution in [0.1, 0.15) is 11.4 Å². The molecule has 0 fully saturated rings. The zero-order valence-electron chi connectivity index (χ0n) is 7.97. The first kappa shape index (κ1) is 8.74. The molecular formula is C8H10N4O2. The molecule has 0 saturated carbocycles.